The molecule has 138 valence electrons. The highest BCUT2D eigenvalue weighted by atomic mass is 35.5. The molecule has 1 atom stereocenters. The lowest BCUT2D eigenvalue weighted by molar-refractivity contribution is 0.402. The summed E-state index contributed by atoms with van der Waals surface area (Å²) in [5.74, 6) is 1.66. The second-order valence-corrected chi connectivity index (χ2v) is 6.72. The molecule has 0 saturated heterocycles. The van der Waals surface area contributed by atoms with Crippen LogP contribution >= 0.6 is 12.4 Å². The molecular formula is C22H21ClN2O2. The third-order valence-electron chi connectivity index (χ3n) is 5.24. The van der Waals surface area contributed by atoms with Gasteiger partial charge in [-0.05, 0) is 48.4 Å². The van der Waals surface area contributed by atoms with Crippen LogP contribution in [0.25, 0.3) is 16.7 Å². The Morgan fingerprint density at radius 3 is 2.81 bits per heavy atom. The number of fused-ring (bicyclic) bond motifs is 4. The second kappa shape index (κ2) is 6.80. The topological polar surface area (TPSA) is 39.3 Å². The molecule has 0 bridgehead atoms. The number of furan rings is 1. The van der Waals surface area contributed by atoms with Crippen molar-refractivity contribution >= 4 is 23.4 Å². The number of nitrogens with zero attached hydrogens (tertiary/aromatic N) is 1. The smallest absolute Gasteiger partial charge is 0.176 e. The molecule has 3 heterocycles. The molecule has 0 saturated carbocycles. The summed E-state index contributed by atoms with van der Waals surface area (Å²) in [5.41, 5.74) is 5.81. The Morgan fingerprint density at radius 1 is 1.11 bits per heavy atom. The van der Waals surface area contributed by atoms with Gasteiger partial charge in [0.1, 0.15) is 11.8 Å². The SMILES string of the molecule is COc1cccc2cc(C3NCc4c(C)cccc4-n4cccc43)oc12.Cl. The third-order valence-corrected chi connectivity index (χ3v) is 5.24. The molecule has 0 fully saturated rings. The van der Waals surface area contributed by atoms with Crippen LogP contribution in [-0.4, -0.2) is 11.7 Å². The van der Waals surface area contributed by atoms with Crippen LogP contribution < -0.4 is 10.1 Å². The van der Waals surface area contributed by atoms with E-state index >= 15 is 0 Å². The number of halogens is 1. The zero-order valence-corrected chi connectivity index (χ0v) is 16.0. The van der Waals surface area contributed by atoms with E-state index in [1.54, 1.807) is 7.11 Å². The zero-order chi connectivity index (χ0) is 17.7. The number of para-hydroxylation sites is 1. The number of benzene rings is 2. The van der Waals surface area contributed by atoms with Crippen molar-refractivity contribution in [1.29, 1.82) is 0 Å². The summed E-state index contributed by atoms with van der Waals surface area (Å²) in [4.78, 5) is 0. The molecule has 27 heavy (non-hydrogen) atoms. The van der Waals surface area contributed by atoms with E-state index in [1.165, 1.54) is 22.5 Å². The van der Waals surface area contributed by atoms with E-state index in [4.69, 9.17) is 9.15 Å². The predicted molar refractivity (Wildman–Crippen MR) is 109 cm³/mol. The quantitative estimate of drug-likeness (QED) is 0.522. The van der Waals surface area contributed by atoms with Gasteiger partial charge in [0.05, 0.1) is 12.8 Å². The summed E-state index contributed by atoms with van der Waals surface area (Å²) >= 11 is 0. The molecule has 5 heteroatoms. The first-order chi connectivity index (χ1) is 12.8. The average Bonchev–Trinajstić information content (AvgIpc) is 3.27. The van der Waals surface area contributed by atoms with Crippen molar-refractivity contribution in [1.82, 2.24) is 9.88 Å². The van der Waals surface area contributed by atoms with Gasteiger partial charge in [0.25, 0.3) is 0 Å². The van der Waals surface area contributed by atoms with Crippen molar-refractivity contribution in [3.05, 3.63) is 83.4 Å². The molecule has 0 aliphatic carbocycles. The number of rotatable bonds is 2. The molecule has 4 nitrogen and oxygen atoms in total. The molecule has 0 amide bonds. The fourth-order valence-electron chi connectivity index (χ4n) is 3.91. The van der Waals surface area contributed by atoms with E-state index in [0.29, 0.717) is 0 Å². The molecule has 2 aromatic carbocycles. The first kappa shape index (κ1) is 17.7. The molecular weight excluding hydrogens is 360 g/mol. The van der Waals surface area contributed by atoms with E-state index in [-0.39, 0.29) is 18.4 Å². The summed E-state index contributed by atoms with van der Waals surface area (Å²) in [6.07, 6.45) is 2.12. The summed E-state index contributed by atoms with van der Waals surface area (Å²) < 4.78 is 14.0. The van der Waals surface area contributed by atoms with Crippen molar-refractivity contribution in [2.24, 2.45) is 0 Å². The molecule has 0 spiro atoms. The number of nitrogens with one attached hydrogen (secondary N) is 1. The molecule has 1 aliphatic heterocycles. The van der Waals surface area contributed by atoms with Crippen LogP contribution in [0.2, 0.25) is 0 Å². The van der Waals surface area contributed by atoms with Gasteiger partial charge >= 0.3 is 0 Å². The number of hydrogen-bond donors (Lipinski definition) is 1. The maximum Gasteiger partial charge on any atom is 0.176 e. The van der Waals surface area contributed by atoms with Crippen molar-refractivity contribution < 1.29 is 9.15 Å². The van der Waals surface area contributed by atoms with Crippen LogP contribution in [0.3, 0.4) is 0 Å². The molecule has 1 aliphatic rings. The van der Waals surface area contributed by atoms with Gasteiger partial charge in [-0.2, -0.15) is 0 Å². The summed E-state index contributed by atoms with van der Waals surface area (Å²) in [6, 6.07) is 18.8. The van der Waals surface area contributed by atoms with E-state index < -0.39 is 0 Å². The van der Waals surface area contributed by atoms with Crippen molar-refractivity contribution in [2.45, 2.75) is 19.5 Å². The van der Waals surface area contributed by atoms with E-state index in [1.807, 2.05) is 12.1 Å². The zero-order valence-electron chi connectivity index (χ0n) is 15.2. The molecule has 0 radical (unpaired) electrons. The van der Waals surface area contributed by atoms with Crippen LogP contribution in [-0.2, 0) is 6.54 Å². The monoisotopic (exact) mass is 380 g/mol. The lowest BCUT2D eigenvalue weighted by Gasteiger charge is -2.15. The highest BCUT2D eigenvalue weighted by Gasteiger charge is 2.26. The minimum atomic E-state index is -0.0195. The van der Waals surface area contributed by atoms with Crippen molar-refractivity contribution in [3.63, 3.8) is 0 Å². The molecule has 5 rings (SSSR count). The summed E-state index contributed by atoms with van der Waals surface area (Å²) in [6.45, 7) is 2.96. The highest BCUT2D eigenvalue weighted by Crippen LogP contribution is 2.36. The van der Waals surface area contributed by atoms with Crippen LogP contribution in [0.4, 0.5) is 0 Å². The lowest BCUT2D eigenvalue weighted by atomic mass is 10.1. The number of hydrogen-bond acceptors (Lipinski definition) is 3. The van der Waals surface area contributed by atoms with Gasteiger partial charge < -0.3 is 13.7 Å². The minimum Gasteiger partial charge on any atom is -0.493 e. The minimum absolute atomic E-state index is 0. The number of ether oxygens (including phenoxy) is 1. The van der Waals surface area contributed by atoms with E-state index in [9.17, 15) is 0 Å². The van der Waals surface area contributed by atoms with E-state index in [0.717, 1.165) is 29.0 Å². The van der Waals surface area contributed by atoms with Gasteiger partial charge in [0.15, 0.2) is 11.3 Å². The first-order valence-corrected chi connectivity index (χ1v) is 8.82. The Kier molecular flexibility index (Phi) is 4.46. The van der Waals surface area contributed by atoms with Gasteiger partial charge in [-0.15, -0.1) is 12.4 Å². The Labute approximate surface area is 164 Å². The fraction of sp³-hybridized carbons (Fsp3) is 0.182. The number of methoxy groups -OCH3 is 1. The molecule has 2 aromatic heterocycles. The van der Waals surface area contributed by atoms with E-state index in [2.05, 4.69) is 65.5 Å². The predicted octanol–water partition coefficient (Wildman–Crippen LogP) is 5.15. The van der Waals surface area contributed by atoms with Crippen molar-refractivity contribution in [2.75, 3.05) is 7.11 Å². The summed E-state index contributed by atoms with van der Waals surface area (Å²) in [5, 5.41) is 4.73. The van der Waals surface area contributed by atoms with Gasteiger partial charge in [0, 0.05) is 23.8 Å². The third kappa shape index (κ3) is 2.73. The Hall–Kier alpha value is -2.69. The lowest BCUT2D eigenvalue weighted by Crippen LogP contribution is -2.20. The van der Waals surface area contributed by atoms with Crippen LogP contribution in [0.15, 0.2) is 65.2 Å². The Morgan fingerprint density at radius 2 is 1.96 bits per heavy atom. The largest absolute Gasteiger partial charge is 0.493 e. The van der Waals surface area contributed by atoms with Crippen molar-refractivity contribution in [3.8, 4) is 11.4 Å². The molecule has 1 unspecified atom stereocenters. The molecule has 1 N–H and O–H groups in total. The fourth-order valence-corrected chi connectivity index (χ4v) is 3.91. The molecule has 4 aromatic rings. The van der Waals surface area contributed by atoms with Crippen LogP contribution in [0.5, 0.6) is 5.75 Å². The van der Waals surface area contributed by atoms with Crippen LogP contribution in [0, 0.1) is 6.92 Å². The number of aryl methyl sites for hydroxylation is 1. The second-order valence-electron chi connectivity index (χ2n) is 6.72. The highest BCUT2D eigenvalue weighted by molar-refractivity contribution is 5.85. The Bertz CT molecular complexity index is 1110. The maximum absolute atomic E-state index is 6.24. The maximum atomic E-state index is 6.24. The summed E-state index contributed by atoms with van der Waals surface area (Å²) in [7, 11) is 1.67. The first-order valence-electron chi connectivity index (χ1n) is 8.82. The average molecular weight is 381 g/mol. The van der Waals surface area contributed by atoms with Gasteiger partial charge in [-0.25, -0.2) is 0 Å². The number of aromatic nitrogens is 1. The standard InChI is InChI=1S/C22H20N2O2.ClH/c1-14-6-3-8-17-16(14)13-23-21(18-9-5-11-24(17)18)20-12-15-7-4-10-19(25-2)22(15)26-20;/h3-12,21,23H,13H2,1-2H3;1H. The van der Waals surface area contributed by atoms with Gasteiger partial charge in [-0.3, -0.25) is 5.32 Å². The normalized spacial score (nSPS) is 15.6. The Balaban J connectivity index is 0.00000180. The van der Waals surface area contributed by atoms with Gasteiger partial charge in [-0.1, -0.05) is 24.3 Å². The van der Waals surface area contributed by atoms with Crippen LogP contribution in [0.1, 0.15) is 28.6 Å². The van der Waals surface area contributed by atoms with Gasteiger partial charge in [0.2, 0.25) is 0 Å².